The molecule has 1 aliphatic heterocycles. The average Bonchev–Trinajstić information content (AvgIpc) is 2.93. The van der Waals surface area contributed by atoms with E-state index in [0.717, 1.165) is 15.8 Å². The van der Waals surface area contributed by atoms with Gasteiger partial charge in [0.2, 0.25) is 0 Å². The van der Waals surface area contributed by atoms with Gasteiger partial charge >= 0.3 is 6.03 Å². The van der Waals surface area contributed by atoms with Gasteiger partial charge in [0.15, 0.2) is 0 Å². The van der Waals surface area contributed by atoms with Crippen LogP contribution < -0.4 is 5.32 Å². The van der Waals surface area contributed by atoms with E-state index in [2.05, 4.69) is 10.3 Å². The number of H-pyrrole nitrogens is 1. The maximum absolute atomic E-state index is 13.4. The predicted octanol–water partition coefficient (Wildman–Crippen LogP) is 2.05. The van der Waals surface area contributed by atoms with Crippen molar-refractivity contribution in [3.8, 4) is 0 Å². The summed E-state index contributed by atoms with van der Waals surface area (Å²) in [4.78, 5) is 27.2. The second-order valence-corrected chi connectivity index (χ2v) is 5.08. The molecule has 0 saturated carbocycles. The Morgan fingerprint density at radius 2 is 2.15 bits per heavy atom. The summed E-state index contributed by atoms with van der Waals surface area (Å²) in [6, 6.07) is 1.87. The number of urea groups is 1. The Hall–Kier alpha value is -2.08. The van der Waals surface area contributed by atoms with E-state index in [1.54, 1.807) is 12.3 Å². The molecule has 7 heteroatoms. The molecule has 1 aromatic carbocycles. The van der Waals surface area contributed by atoms with Crippen LogP contribution in [0.25, 0.3) is 10.9 Å². The van der Waals surface area contributed by atoms with Crippen LogP contribution in [0.5, 0.6) is 0 Å². The molecule has 2 aromatic rings. The summed E-state index contributed by atoms with van der Waals surface area (Å²) in [6.07, 6.45) is 2.00. The number of amides is 3. The lowest BCUT2D eigenvalue weighted by molar-refractivity contribution is -0.126. The summed E-state index contributed by atoms with van der Waals surface area (Å²) in [6.45, 7) is 0. The number of halogens is 2. The number of carbonyl (C=O) groups is 2. The number of hydrogen-bond acceptors (Lipinski definition) is 2. The van der Waals surface area contributed by atoms with Gasteiger partial charge in [0, 0.05) is 25.1 Å². The zero-order chi connectivity index (χ0) is 14.4. The summed E-state index contributed by atoms with van der Waals surface area (Å²) in [7, 11) is 1.43. The number of aromatic amines is 1. The summed E-state index contributed by atoms with van der Waals surface area (Å²) in [5, 5.41) is 3.36. The van der Waals surface area contributed by atoms with Crippen LogP contribution >= 0.6 is 11.6 Å². The smallest absolute Gasteiger partial charge is 0.324 e. The van der Waals surface area contributed by atoms with Crippen LogP contribution in [0, 0.1) is 5.82 Å². The van der Waals surface area contributed by atoms with Crippen molar-refractivity contribution in [2.75, 3.05) is 7.05 Å². The first-order valence-corrected chi connectivity index (χ1v) is 6.39. The summed E-state index contributed by atoms with van der Waals surface area (Å²) in [5.41, 5.74) is 1.29. The molecule has 3 rings (SSSR count). The lowest BCUT2D eigenvalue weighted by Gasteiger charge is -2.07. The molecule has 1 saturated heterocycles. The van der Waals surface area contributed by atoms with Gasteiger partial charge in [-0.15, -0.1) is 0 Å². The van der Waals surface area contributed by atoms with E-state index < -0.39 is 17.9 Å². The van der Waals surface area contributed by atoms with Gasteiger partial charge in [0.25, 0.3) is 5.91 Å². The van der Waals surface area contributed by atoms with Gasteiger partial charge in [-0.3, -0.25) is 9.69 Å². The number of hydrogen-bond donors (Lipinski definition) is 2. The summed E-state index contributed by atoms with van der Waals surface area (Å²) < 4.78 is 13.4. The van der Waals surface area contributed by atoms with Gasteiger partial charge in [-0.05, 0) is 17.7 Å². The van der Waals surface area contributed by atoms with E-state index in [1.165, 1.54) is 13.1 Å². The third kappa shape index (κ3) is 1.84. The Bertz CT molecular complexity index is 728. The first kappa shape index (κ1) is 12.9. The first-order valence-electron chi connectivity index (χ1n) is 6.01. The van der Waals surface area contributed by atoms with Crippen molar-refractivity contribution in [2.24, 2.45) is 0 Å². The van der Waals surface area contributed by atoms with Crippen LogP contribution in [0.3, 0.4) is 0 Å². The molecular formula is C13H11ClFN3O2. The largest absolute Gasteiger partial charge is 0.360 e. The highest BCUT2D eigenvalue weighted by Crippen LogP contribution is 2.28. The van der Waals surface area contributed by atoms with Gasteiger partial charge in [0.05, 0.1) is 5.52 Å². The Labute approximate surface area is 118 Å². The van der Waals surface area contributed by atoms with Gasteiger partial charge in [-0.25, -0.2) is 9.18 Å². The molecule has 5 nitrogen and oxygen atoms in total. The number of imide groups is 1. The molecule has 2 N–H and O–H groups in total. The van der Waals surface area contributed by atoms with E-state index in [4.69, 9.17) is 11.6 Å². The minimum Gasteiger partial charge on any atom is -0.360 e. The third-order valence-electron chi connectivity index (χ3n) is 3.49. The highest BCUT2D eigenvalue weighted by atomic mass is 35.5. The molecule has 1 aliphatic rings. The molecule has 2 heterocycles. The fraction of sp³-hybridized carbons (Fsp3) is 0.231. The molecule has 0 bridgehead atoms. The highest BCUT2D eigenvalue weighted by Gasteiger charge is 2.35. The number of likely N-dealkylation sites (N-methyl/N-ethyl adjacent to an activating group) is 1. The number of fused-ring (bicyclic) bond motifs is 1. The lowest BCUT2D eigenvalue weighted by Crippen LogP contribution is -2.31. The Morgan fingerprint density at radius 1 is 1.40 bits per heavy atom. The summed E-state index contributed by atoms with van der Waals surface area (Å²) >= 11 is 5.88. The number of aromatic nitrogens is 1. The van der Waals surface area contributed by atoms with Gasteiger partial charge in [-0.2, -0.15) is 0 Å². The maximum Gasteiger partial charge on any atom is 0.324 e. The van der Waals surface area contributed by atoms with Crippen molar-refractivity contribution in [3.63, 3.8) is 0 Å². The number of carbonyl (C=O) groups excluding carboxylic acids is 2. The van der Waals surface area contributed by atoms with Gasteiger partial charge in [0.1, 0.15) is 16.9 Å². The number of nitrogens with one attached hydrogen (secondary N) is 2. The Balaban J connectivity index is 1.95. The Kier molecular flexibility index (Phi) is 2.90. The summed E-state index contributed by atoms with van der Waals surface area (Å²) in [5.74, 6) is -0.782. The van der Waals surface area contributed by atoms with Crippen molar-refractivity contribution in [2.45, 2.75) is 12.5 Å². The zero-order valence-electron chi connectivity index (χ0n) is 10.5. The zero-order valence-corrected chi connectivity index (χ0v) is 11.3. The van der Waals surface area contributed by atoms with E-state index in [9.17, 15) is 14.0 Å². The monoisotopic (exact) mass is 295 g/mol. The fourth-order valence-corrected chi connectivity index (χ4v) is 2.58. The number of benzene rings is 1. The second kappa shape index (κ2) is 4.49. The van der Waals surface area contributed by atoms with Gasteiger partial charge < -0.3 is 10.3 Å². The predicted molar refractivity (Wildman–Crippen MR) is 72.1 cm³/mol. The fourth-order valence-electron chi connectivity index (χ4n) is 2.36. The molecule has 0 spiro atoms. The first-order chi connectivity index (χ1) is 9.49. The van der Waals surface area contributed by atoms with Crippen LogP contribution in [0.1, 0.15) is 5.56 Å². The molecule has 1 aromatic heterocycles. The molecule has 0 aliphatic carbocycles. The molecule has 1 atom stereocenters. The lowest BCUT2D eigenvalue weighted by atomic mass is 10.1. The van der Waals surface area contributed by atoms with Crippen LogP contribution in [-0.2, 0) is 11.2 Å². The highest BCUT2D eigenvalue weighted by molar-refractivity contribution is 6.35. The minimum atomic E-state index is -0.602. The van der Waals surface area contributed by atoms with Crippen molar-refractivity contribution in [1.82, 2.24) is 15.2 Å². The van der Waals surface area contributed by atoms with E-state index >= 15 is 0 Å². The van der Waals surface area contributed by atoms with Crippen molar-refractivity contribution >= 4 is 34.4 Å². The molecule has 104 valence electrons. The van der Waals surface area contributed by atoms with Crippen molar-refractivity contribution in [3.05, 3.63) is 34.7 Å². The van der Waals surface area contributed by atoms with E-state index in [1.807, 2.05) is 0 Å². The number of rotatable bonds is 2. The second-order valence-electron chi connectivity index (χ2n) is 4.70. The topological polar surface area (TPSA) is 65.2 Å². The molecule has 20 heavy (non-hydrogen) atoms. The average molecular weight is 296 g/mol. The van der Waals surface area contributed by atoms with Crippen LogP contribution in [0.15, 0.2) is 18.3 Å². The number of nitrogens with zero attached hydrogens (tertiary/aromatic N) is 1. The van der Waals surface area contributed by atoms with Crippen molar-refractivity contribution < 1.29 is 14.0 Å². The SMILES string of the molecule is CN1C(=O)N[C@H](Cc2c[nH]c3c(Cl)c(F)ccc23)C1=O. The molecule has 0 radical (unpaired) electrons. The van der Waals surface area contributed by atoms with Crippen LogP contribution in [-0.4, -0.2) is 34.9 Å². The quantitative estimate of drug-likeness (QED) is 0.833. The van der Waals surface area contributed by atoms with E-state index in [0.29, 0.717) is 11.9 Å². The molecule has 1 fully saturated rings. The van der Waals surface area contributed by atoms with E-state index in [-0.39, 0.29) is 10.9 Å². The van der Waals surface area contributed by atoms with Crippen molar-refractivity contribution in [1.29, 1.82) is 0 Å². The van der Waals surface area contributed by atoms with Crippen LogP contribution in [0.4, 0.5) is 9.18 Å². The molecule has 3 amide bonds. The molecular weight excluding hydrogens is 285 g/mol. The van der Waals surface area contributed by atoms with Crippen LogP contribution in [0.2, 0.25) is 5.02 Å². The van der Waals surface area contributed by atoms with Gasteiger partial charge in [-0.1, -0.05) is 11.6 Å². The third-order valence-corrected chi connectivity index (χ3v) is 3.86. The standard InChI is InChI=1S/C13H11ClFN3O2/c1-18-12(19)9(17-13(18)20)4-6-5-16-11-7(6)2-3-8(15)10(11)14/h2-3,5,9,16H,4H2,1H3,(H,17,20)/t9-/m1/s1. The normalized spacial score (nSPS) is 18.9. The maximum atomic E-state index is 13.4. The Morgan fingerprint density at radius 3 is 2.80 bits per heavy atom. The minimum absolute atomic E-state index is 0.0210. The molecule has 0 unspecified atom stereocenters.